The van der Waals surface area contributed by atoms with Gasteiger partial charge in [-0.3, -0.25) is 5.43 Å². The van der Waals surface area contributed by atoms with Gasteiger partial charge in [0, 0.05) is 14.1 Å². The van der Waals surface area contributed by atoms with Crippen LogP contribution >= 0.6 is 0 Å². The van der Waals surface area contributed by atoms with Crippen LogP contribution in [0.5, 0.6) is 12.0 Å². The fourth-order valence-electron chi connectivity index (χ4n) is 0.771. The molecule has 7 nitrogen and oxygen atoms in total. The van der Waals surface area contributed by atoms with Crippen molar-refractivity contribution in [2.45, 2.75) is 0 Å². The van der Waals surface area contributed by atoms with Crippen LogP contribution in [-0.2, 0) is 0 Å². The largest absolute Gasteiger partial charge is 0.467 e. The van der Waals surface area contributed by atoms with Gasteiger partial charge in [-0.05, 0) is 0 Å². The summed E-state index contributed by atoms with van der Waals surface area (Å²) in [6.45, 7) is 0. The molecule has 0 aliphatic carbocycles. The molecule has 1 aromatic heterocycles. The third-order valence-corrected chi connectivity index (χ3v) is 1.28. The first-order chi connectivity index (χ1) is 6.65. The van der Waals surface area contributed by atoms with E-state index in [0.29, 0.717) is 5.95 Å². The van der Waals surface area contributed by atoms with Crippen LogP contribution in [0.25, 0.3) is 0 Å². The Bertz CT molecular complexity index is 282. The predicted octanol–water partition coefficient (Wildman–Crippen LogP) is -0.223. The smallest absolute Gasteiger partial charge is 0.324 e. The Balaban J connectivity index is 2.92. The first kappa shape index (κ1) is 10.5. The molecule has 0 bridgehead atoms. The third-order valence-electron chi connectivity index (χ3n) is 1.28. The molecule has 0 saturated heterocycles. The summed E-state index contributed by atoms with van der Waals surface area (Å²) >= 11 is 0. The second-order valence-corrected chi connectivity index (χ2v) is 2.64. The topological polar surface area (TPSA) is 72.4 Å². The predicted molar refractivity (Wildman–Crippen MR) is 50.2 cm³/mol. The van der Waals surface area contributed by atoms with Gasteiger partial charge >= 0.3 is 12.0 Å². The molecule has 0 unspecified atom stereocenters. The van der Waals surface area contributed by atoms with Crippen molar-refractivity contribution >= 4 is 5.95 Å². The van der Waals surface area contributed by atoms with E-state index >= 15 is 0 Å². The summed E-state index contributed by atoms with van der Waals surface area (Å²) in [6.07, 6.45) is 0. The molecule has 0 spiro atoms. The quantitative estimate of drug-likeness (QED) is 0.672. The maximum Gasteiger partial charge on any atom is 0.324 e. The number of hydrazine groups is 1. The van der Waals surface area contributed by atoms with E-state index in [4.69, 9.17) is 9.47 Å². The molecule has 7 heteroatoms. The van der Waals surface area contributed by atoms with Crippen LogP contribution in [0.2, 0.25) is 0 Å². The van der Waals surface area contributed by atoms with E-state index in [1.54, 1.807) is 5.01 Å². The van der Waals surface area contributed by atoms with Gasteiger partial charge in [-0.1, -0.05) is 0 Å². The molecular formula is C7H13N5O2. The number of nitrogens with zero attached hydrogens (tertiary/aromatic N) is 4. The monoisotopic (exact) mass is 199 g/mol. The zero-order chi connectivity index (χ0) is 10.6. The van der Waals surface area contributed by atoms with E-state index < -0.39 is 0 Å². The lowest BCUT2D eigenvalue weighted by Crippen LogP contribution is -2.21. The van der Waals surface area contributed by atoms with Crippen LogP contribution in [0.1, 0.15) is 0 Å². The fraction of sp³-hybridized carbons (Fsp3) is 0.571. The van der Waals surface area contributed by atoms with Gasteiger partial charge in [0.25, 0.3) is 0 Å². The highest BCUT2D eigenvalue weighted by molar-refractivity contribution is 5.25. The molecule has 0 aliphatic rings. The van der Waals surface area contributed by atoms with E-state index in [-0.39, 0.29) is 12.0 Å². The number of rotatable bonds is 4. The maximum absolute atomic E-state index is 4.88. The van der Waals surface area contributed by atoms with Crippen LogP contribution in [0.3, 0.4) is 0 Å². The molecule has 1 N–H and O–H groups in total. The molecule has 0 amide bonds. The average Bonchev–Trinajstić information content (AvgIpc) is 2.16. The number of methoxy groups -OCH3 is 2. The van der Waals surface area contributed by atoms with E-state index in [9.17, 15) is 0 Å². The molecule has 78 valence electrons. The summed E-state index contributed by atoms with van der Waals surface area (Å²) in [5.74, 6) is 0.374. The van der Waals surface area contributed by atoms with Crippen LogP contribution in [0.15, 0.2) is 0 Å². The Kier molecular flexibility index (Phi) is 3.41. The van der Waals surface area contributed by atoms with E-state index in [2.05, 4.69) is 20.4 Å². The minimum Gasteiger partial charge on any atom is -0.467 e. The van der Waals surface area contributed by atoms with Crippen molar-refractivity contribution in [2.24, 2.45) is 0 Å². The molecule has 1 aromatic rings. The molecule has 0 saturated carbocycles. The second-order valence-electron chi connectivity index (χ2n) is 2.64. The van der Waals surface area contributed by atoms with Gasteiger partial charge < -0.3 is 9.47 Å². The summed E-state index contributed by atoms with van der Waals surface area (Å²) in [7, 11) is 6.61. The lowest BCUT2D eigenvalue weighted by Gasteiger charge is -2.12. The highest BCUT2D eigenvalue weighted by Gasteiger charge is 2.06. The molecule has 0 radical (unpaired) electrons. The number of anilines is 1. The summed E-state index contributed by atoms with van der Waals surface area (Å²) < 4.78 is 9.76. The summed E-state index contributed by atoms with van der Waals surface area (Å²) in [4.78, 5) is 11.8. The van der Waals surface area contributed by atoms with E-state index in [1.165, 1.54) is 14.2 Å². The minimum atomic E-state index is 0.209. The Labute approximate surface area is 82.1 Å². The normalized spacial score (nSPS) is 10.1. The Morgan fingerprint density at radius 3 is 1.86 bits per heavy atom. The van der Waals surface area contributed by atoms with Gasteiger partial charge in [0.1, 0.15) is 0 Å². The van der Waals surface area contributed by atoms with Crippen molar-refractivity contribution in [3.8, 4) is 12.0 Å². The lowest BCUT2D eigenvalue weighted by atomic mass is 10.9. The summed E-state index contributed by atoms with van der Waals surface area (Å²) in [6, 6.07) is 0.419. The van der Waals surface area contributed by atoms with Crippen molar-refractivity contribution in [3.05, 3.63) is 0 Å². The molecule has 0 aromatic carbocycles. The van der Waals surface area contributed by atoms with Crippen molar-refractivity contribution in [1.82, 2.24) is 20.0 Å². The van der Waals surface area contributed by atoms with Gasteiger partial charge in [0.05, 0.1) is 14.2 Å². The Hall–Kier alpha value is -1.63. The highest BCUT2D eigenvalue weighted by atomic mass is 16.5. The molecular weight excluding hydrogens is 186 g/mol. The minimum absolute atomic E-state index is 0.209. The van der Waals surface area contributed by atoms with Crippen LogP contribution < -0.4 is 14.9 Å². The van der Waals surface area contributed by atoms with E-state index in [1.807, 2.05) is 14.1 Å². The molecule has 14 heavy (non-hydrogen) atoms. The van der Waals surface area contributed by atoms with Gasteiger partial charge in [-0.15, -0.1) is 4.98 Å². The number of ether oxygens (including phenoxy) is 2. The van der Waals surface area contributed by atoms with Gasteiger partial charge in [0.2, 0.25) is 5.95 Å². The number of hydrogen-bond acceptors (Lipinski definition) is 7. The number of aromatic nitrogens is 3. The zero-order valence-corrected chi connectivity index (χ0v) is 8.61. The third kappa shape index (κ3) is 2.70. The number of hydrogen-bond donors (Lipinski definition) is 1. The Morgan fingerprint density at radius 1 is 1.00 bits per heavy atom. The SMILES string of the molecule is COc1nc(NN(C)C)nc(OC)n1. The fourth-order valence-corrected chi connectivity index (χ4v) is 0.771. The van der Waals surface area contributed by atoms with Crippen molar-refractivity contribution < 1.29 is 9.47 Å². The zero-order valence-electron chi connectivity index (χ0n) is 8.61. The van der Waals surface area contributed by atoms with Crippen LogP contribution in [0, 0.1) is 0 Å². The molecule has 1 rings (SSSR count). The summed E-state index contributed by atoms with van der Waals surface area (Å²) in [5.41, 5.74) is 2.87. The Morgan fingerprint density at radius 2 is 1.50 bits per heavy atom. The van der Waals surface area contributed by atoms with Crippen molar-refractivity contribution in [1.29, 1.82) is 0 Å². The van der Waals surface area contributed by atoms with Crippen LogP contribution in [0.4, 0.5) is 5.95 Å². The average molecular weight is 199 g/mol. The molecule has 0 fully saturated rings. The van der Waals surface area contributed by atoms with Crippen LogP contribution in [-0.4, -0.2) is 48.3 Å². The second kappa shape index (κ2) is 4.56. The molecule has 0 atom stereocenters. The first-order valence-electron chi connectivity index (χ1n) is 3.93. The maximum atomic E-state index is 4.88. The highest BCUT2D eigenvalue weighted by Crippen LogP contribution is 2.11. The van der Waals surface area contributed by atoms with Crippen molar-refractivity contribution in [2.75, 3.05) is 33.7 Å². The molecule has 1 heterocycles. The standard InChI is InChI=1S/C7H13N5O2/c1-12(2)11-5-8-6(13-3)10-7(9-5)14-4/h1-4H3,(H,8,9,10,11). The van der Waals surface area contributed by atoms with Crippen molar-refractivity contribution in [3.63, 3.8) is 0 Å². The number of nitrogens with one attached hydrogen (secondary N) is 1. The first-order valence-corrected chi connectivity index (χ1v) is 3.93. The van der Waals surface area contributed by atoms with Gasteiger partial charge in [-0.25, -0.2) is 5.01 Å². The van der Waals surface area contributed by atoms with Gasteiger partial charge in [-0.2, -0.15) is 9.97 Å². The molecule has 0 aliphatic heterocycles. The lowest BCUT2D eigenvalue weighted by molar-refractivity contribution is 0.339. The summed E-state index contributed by atoms with van der Waals surface area (Å²) in [5, 5.41) is 1.70. The van der Waals surface area contributed by atoms with Gasteiger partial charge in [0.15, 0.2) is 0 Å². The van der Waals surface area contributed by atoms with E-state index in [0.717, 1.165) is 0 Å².